The predicted molar refractivity (Wildman–Crippen MR) is 59.7 cm³/mol. The molecule has 0 heterocycles. The van der Waals surface area contributed by atoms with Gasteiger partial charge in [0.05, 0.1) is 0 Å². The lowest BCUT2D eigenvalue weighted by Gasteiger charge is -2.31. The van der Waals surface area contributed by atoms with Crippen LogP contribution in [0, 0.1) is 10.8 Å². The quantitative estimate of drug-likeness (QED) is 0.507. The van der Waals surface area contributed by atoms with E-state index in [4.69, 9.17) is 5.73 Å². The fourth-order valence-corrected chi connectivity index (χ4v) is 1.70. The Labute approximate surface area is 86.9 Å². The zero-order valence-corrected chi connectivity index (χ0v) is 10.1. The Morgan fingerprint density at radius 2 is 1.43 bits per heavy atom. The molecule has 2 N–H and O–H groups in total. The van der Waals surface area contributed by atoms with E-state index in [1.807, 2.05) is 0 Å². The number of amides is 1. The maximum Gasteiger partial charge on any atom is 0.249 e. The summed E-state index contributed by atoms with van der Waals surface area (Å²) >= 11 is 0. The van der Waals surface area contributed by atoms with Gasteiger partial charge in [-0.05, 0) is 16.4 Å². The van der Waals surface area contributed by atoms with E-state index in [-0.39, 0.29) is 10.8 Å². The number of hydrogen-bond donors (Lipinski definition) is 1. The van der Waals surface area contributed by atoms with Gasteiger partial charge in [0.1, 0.15) is 0 Å². The van der Waals surface area contributed by atoms with Crippen LogP contribution in [0.15, 0.2) is 17.4 Å². The van der Waals surface area contributed by atoms with Crippen LogP contribution in [0.1, 0.15) is 41.5 Å². The highest BCUT2D eigenvalue weighted by atomic mass is 16.1. The van der Waals surface area contributed by atoms with Crippen molar-refractivity contribution in [3.05, 3.63) is 17.4 Å². The van der Waals surface area contributed by atoms with E-state index >= 15 is 0 Å². The number of hydrogen-bond acceptors (Lipinski definition) is 1. The van der Waals surface area contributed by atoms with Crippen LogP contribution < -0.4 is 5.73 Å². The molecule has 14 heavy (non-hydrogen) atoms. The van der Waals surface area contributed by atoms with Gasteiger partial charge in [0, 0.05) is 6.08 Å². The minimum atomic E-state index is -0.448. The summed E-state index contributed by atoms with van der Waals surface area (Å²) in [5.41, 5.74) is 9.18. The second-order valence-corrected chi connectivity index (χ2v) is 5.57. The van der Waals surface area contributed by atoms with Gasteiger partial charge in [-0.2, -0.15) is 0 Å². The number of primary amides is 1. The molecule has 0 aromatic rings. The Kier molecular flexibility index (Phi) is 3.73. The molecule has 2 heteroatoms. The van der Waals surface area contributed by atoms with Crippen molar-refractivity contribution in [3.8, 4) is 0 Å². The smallest absolute Gasteiger partial charge is 0.249 e. The lowest BCUT2D eigenvalue weighted by atomic mass is 9.72. The first-order valence-corrected chi connectivity index (χ1v) is 4.82. The largest absolute Gasteiger partial charge is 0.366 e. The summed E-state index contributed by atoms with van der Waals surface area (Å²) in [6, 6.07) is 0. The van der Waals surface area contributed by atoms with E-state index in [0.29, 0.717) is 0 Å². The Balaban J connectivity index is 5.36. The summed E-state index contributed by atoms with van der Waals surface area (Å²) in [6.45, 7) is 12.6. The number of carbonyl (C=O) groups excluding carboxylic acids is 1. The molecule has 0 saturated heterocycles. The van der Waals surface area contributed by atoms with Crippen LogP contribution in [0.25, 0.3) is 0 Å². The minimum absolute atomic E-state index is 0.00417. The third kappa shape index (κ3) is 4.29. The molecule has 2 nitrogen and oxygen atoms in total. The van der Waals surface area contributed by atoms with Crippen LogP contribution in [0.5, 0.6) is 0 Å². The molecule has 1 amide bonds. The van der Waals surface area contributed by atoms with E-state index in [2.05, 4.69) is 47.3 Å². The Hall–Kier alpha value is -1.01. The van der Waals surface area contributed by atoms with Gasteiger partial charge in [-0.15, -0.1) is 5.73 Å². The van der Waals surface area contributed by atoms with E-state index in [1.54, 1.807) is 0 Å². The molecule has 0 aromatic carbocycles. The molecular weight excluding hydrogens is 174 g/mol. The number of nitrogens with two attached hydrogens (primary N) is 1. The Bertz CT molecular complexity index is 264. The molecule has 0 fully saturated rings. The zero-order chi connectivity index (χ0) is 11.6. The summed E-state index contributed by atoms with van der Waals surface area (Å²) in [5.74, 6) is -0.448. The first-order chi connectivity index (χ1) is 6.05. The molecule has 0 unspecified atom stereocenters. The van der Waals surface area contributed by atoms with Gasteiger partial charge >= 0.3 is 0 Å². The second-order valence-electron chi connectivity index (χ2n) is 5.57. The third-order valence-electron chi connectivity index (χ3n) is 1.86. The van der Waals surface area contributed by atoms with Crippen molar-refractivity contribution < 1.29 is 4.79 Å². The summed E-state index contributed by atoms with van der Waals surface area (Å²) < 4.78 is 0. The summed E-state index contributed by atoms with van der Waals surface area (Å²) in [6.07, 6.45) is 1.31. The predicted octanol–water partition coefficient (Wildman–Crippen LogP) is 2.65. The maximum absolute atomic E-state index is 10.6. The van der Waals surface area contributed by atoms with Crippen LogP contribution in [0.4, 0.5) is 0 Å². The monoisotopic (exact) mass is 195 g/mol. The van der Waals surface area contributed by atoms with E-state index in [1.165, 1.54) is 6.08 Å². The highest BCUT2D eigenvalue weighted by molar-refractivity contribution is 5.85. The van der Waals surface area contributed by atoms with Crippen molar-refractivity contribution in [3.63, 3.8) is 0 Å². The minimum Gasteiger partial charge on any atom is -0.366 e. The molecule has 0 bridgehead atoms. The van der Waals surface area contributed by atoms with Crippen molar-refractivity contribution in [1.29, 1.82) is 0 Å². The van der Waals surface area contributed by atoms with Crippen molar-refractivity contribution in [2.45, 2.75) is 41.5 Å². The summed E-state index contributed by atoms with van der Waals surface area (Å²) in [7, 11) is 0. The Morgan fingerprint density at radius 1 is 1.07 bits per heavy atom. The summed E-state index contributed by atoms with van der Waals surface area (Å²) in [5, 5.41) is 0. The summed E-state index contributed by atoms with van der Waals surface area (Å²) in [4.78, 5) is 10.6. The van der Waals surface area contributed by atoms with Crippen LogP contribution in [-0.4, -0.2) is 5.91 Å². The lowest BCUT2D eigenvalue weighted by Crippen LogP contribution is -2.21. The van der Waals surface area contributed by atoms with Crippen LogP contribution in [-0.2, 0) is 4.79 Å². The molecule has 0 aliphatic carbocycles. The van der Waals surface area contributed by atoms with E-state index in [9.17, 15) is 4.79 Å². The Morgan fingerprint density at radius 3 is 1.64 bits per heavy atom. The van der Waals surface area contributed by atoms with Crippen LogP contribution >= 0.6 is 0 Å². The van der Waals surface area contributed by atoms with Crippen molar-refractivity contribution in [1.82, 2.24) is 0 Å². The highest BCUT2D eigenvalue weighted by Gasteiger charge is 2.27. The average molecular weight is 195 g/mol. The molecule has 0 saturated carbocycles. The molecular formula is C12H21NO. The third-order valence-corrected chi connectivity index (χ3v) is 1.86. The topological polar surface area (TPSA) is 43.1 Å². The van der Waals surface area contributed by atoms with Crippen LogP contribution in [0.2, 0.25) is 0 Å². The van der Waals surface area contributed by atoms with Crippen molar-refractivity contribution >= 4 is 5.91 Å². The molecule has 80 valence electrons. The average Bonchev–Trinajstić information content (AvgIpc) is 1.78. The maximum atomic E-state index is 10.6. The van der Waals surface area contributed by atoms with Gasteiger partial charge in [0.2, 0.25) is 5.91 Å². The van der Waals surface area contributed by atoms with Gasteiger partial charge in [-0.3, -0.25) is 4.79 Å². The molecule has 0 aliphatic heterocycles. The number of rotatable bonds is 1. The standard InChI is InChI=1S/C12H21NO/c1-11(2,3)9(12(4,5)6)7-8-10(13)14/h8H,1-6H3,(H2,13,14). The molecule has 0 spiro atoms. The highest BCUT2D eigenvalue weighted by Crippen LogP contribution is 2.38. The van der Waals surface area contributed by atoms with Gasteiger partial charge in [0.25, 0.3) is 0 Å². The normalized spacial score (nSPS) is 11.9. The fraction of sp³-hybridized carbons (Fsp3) is 0.667. The second kappa shape index (κ2) is 4.02. The SMILES string of the molecule is CC(C)(C)C(=C=CC(N)=O)C(C)(C)C. The first kappa shape index (κ1) is 13.0. The van der Waals surface area contributed by atoms with Crippen molar-refractivity contribution in [2.24, 2.45) is 16.6 Å². The van der Waals surface area contributed by atoms with Gasteiger partial charge in [-0.1, -0.05) is 41.5 Å². The zero-order valence-electron chi connectivity index (χ0n) is 10.1. The lowest BCUT2D eigenvalue weighted by molar-refractivity contribution is -0.113. The molecule has 0 rings (SSSR count). The first-order valence-electron chi connectivity index (χ1n) is 4.82. The fourth-order valence-electron chi connectivity index (χ4n) is 1.70. The van der Waals surface area contributed by atoms with Crippen molar-refractivity contribution in [2.75, 3.05) is 0 Å². The van der Waals surface area contributed by atoms with Gasteiger partial charge < -0.3 is 5.73 Å². The molecule has 0 aromatic heterocycles. The molecule has 0 radical (unpaired) electrons. The van der Waals surface area contributed by atoms with Gasteiger partial charge in [-0.25, -0.2) is 0 Å². The molecule has 0 atom stereocenters. The van der Waals surface area contributed by atoms with Crippen LogP contribution in [0.3, 0.4) is 0 Å². The number of carbonyl (C=O) groups is 1. The van der Waals surface area contributed by atoms with E-state index in [0.717, 1.165) is 5.57 Å². The van der Waals surface area contributed by atoms with Gasteiger partial charge in [0.15, 0.2) is 0 Å². The van der Waals surface area contributed by atoms with E-state index < -0.39 is 5.91 Å². The molecule has 0 aliphatic rings.